The number of Topliss-reactive ketones (excluding diaryl/α,β-unsaturated/α-hetero) is 1. The van der Waals surface area contributed by atoms with Gasteiger partial charge in [0.15, 0.2) is 0 Å². The van der Waals surface area contributed by atoms with Crippen LogP contribution in [0.15, 0.2) is 16.8 Å². The Labute approximate surface area is 169 Å². The zero-order valence-corrected chi connectivity index (χ0v) is 17.6. The molecule has 4 aliphatic carbocycles. The number of fused-ring (bicyclic) bond motifs is 5. The van der Waals surface area contributed by atoms with Gasteiger partial charge >= 0.3 is 0 Å². The van der Waals surface area contributed by atoms with Gasteiger partial charge in [0, 0.05) is 17.9 Å². The maximum Gasteiger partial charge on any atom is 0.139 e. The fraction of sp³-hybridized carbons (Fsp3) is 0.833. The summed E-state index contributed by atoms with van der Waals surface area (Å²) in [6.07, 6.45) is 13.8. The Kier molecular flexibility index (Phi) is 4.69. The summed E-state index contributed by atoms with van der Waals surface area (Å²) in [5.41, 5.74) is 3.04. The van der Waals surface area contributed by atoms with E-state index < -0.39 is 0 Å². The van der Waals surface area contributed by atoms with Gasteiger partial charge in [-0.3, -0.25) is 4.79 Å². The zero-order valence-electron chi connectivity index (χ0n) is 17.6. The molecule has 6 unspecified atom stereocenters. The minimum absolute atomic E-state index is 0.0118. The maximum atomic E-state index is 12.6. The van der Waals surface area contributed by atoms with E-state index in [0.717, 1.165) is 49.8 Å². The predicted octanol–water partition coefficient (Wildman–Crippen LogP) is 4.64. The summed E-state index contributed by atoms with van der Waals surface area (Å²) in [6, 6.07) is 0.479. The average molecular weight is 385 g/mol. The van der Waals surface area contributed by atoms with Crippen LogP contribution in [-0.2, 0) is 9.63 Å². The first-order valence-corrected chi connectivity index (χ1v) is 11.7. The summed E-state index contributed by atoms with van der Waals surface area (Å²) >= 11 is 0. The van der Waals surface area contributed by atoms with Crippen LogP contribution in [0, 0.1) is 28.6 Å². The molecule has 5 aliphatic rings. The first-order valence-electron chi connectivity index (χ1n) is 11.7. The van der Waals surface area contributed by atoms with Gasteiger partial charge in [-0.05, 0) is 93.6 Å². The fourth-order valence-corrected chi connectivity index (χ4v) is 7.52. The van der Waals surface area contributed by atoms with Crippen molar-refractivity contribution in [2.75, 3.05) is 13.2 Å². The van der Waals surface area contributed by atoms with Gasteiger partial charge in [0.2, 0.25) is 0 Å². The van der Waals surface area contributed by atoms with Crippen molar-refractivity contribution < 1.29 is 9.63 Å². The van der Waals surface area contributed by atoms with Gasteiger partial charge in [-0.15, -0.1) is 0 Å². The van der Waals surface area contributed by atoms with E-state index >= 15 is 0 Å². The average Bonchev–Trinajstić information content (AvgIpc) is 3.30. The molecule has 0 aromatic heterocycles. The van der Waals surface area contributed by atoms with E-state index in [2.05, 4.69) is 30.4 Å². The lowest BCUT2D eigenvalue weighted by atomic mass is 9.47. The van der Waals surface area contributed by atoms with Crippen LogP contribution in [0.4, 0.5) is 0 Å². The highest BCUT2D eigenvalue weighted by Crippen LogP contribution is 2.64. The van der Waals surface area contributed by atoms with E-state index in [-0.39, 0.29) is 5.41 Å². The highest BCUT2D eigenvalue weighted by Gasteiger charge is 2.58. The number of nitrogens with zero attached hydrogens (tertiary/aromatic N) is 1. The SMILES string of the molecule is CC12CCC3C(CCC4=C/C(=N\OCC5CCCN5)CCC43C)C1CCC2=O. The molecular formula is C24H36N2O2. The number of hydrogen-bond donors (Lipinski definition) is 1. The molecule has 1 N–H and O–H groups in total. The molecule has 3 saturated carbocycles. The summed E-state index contributed by atoms with van der Waals surface area (Å²) in [7, 11) is 0. The Hall–Kier alpha value is -1.16. The standard InChI is InChI=1S/C24H36N2O2/c1-23-11-9-17(26-28-15-18-4-3-13-25-18)14-16(23)5-6-19-20-7-8-22(27)24(20,2)12-10-21(19)23/h14,18-21,25H,3-13,15H2,1-2H3/b26-17-. The van der Waals surface area contributed by atoms with Crippen molar-refractivity contribution in [1.82, 2.24) is 5.32 Å². The van der Waals surface area contributed by atoms with Crippen LogP contribution in [0.1, 0.15) is 78.1 Å². The number of allylic oxidation sites excluding steroid dienone is 2. The van der Waals surface area contributed by atoms with Crippen molar-refractivity contribution in [2.24, 2.45) is 33.7 Å². The third-order valence-electron chi connectivity index (χ3n) is 9.31. The molecule has 28 heavy (non-hydrogen) atoms. The molecule has 1 saturated heterocycles. The van der Waals surface area contributed by atoms with Crippen molar-refractivity contribution >= 4 is 11.5 Å². The smallest absolute Gasteiger partial charge is 0.139 e. The summed E-state index contributed by atoms with van der Waals surface area (Å²) in [5, 5.41) is 7.97. The lowest BCUT2D eigenvalue weighted by Gasteiger charge is -2.57. The highest BCUT2D eigenvalue weighted by molar-refractivity contribution is 5.96. The molecule has 0 amide bonds. The fourth-order valence-electron chi connectivity index (χ4n) is 7.52. The molecule has 0 radical (unpaired) electrons. The highest BCUT2D eigenvalue weighted by atomic mass is 16.6. The second-order valence-electron chi connectivity index (χ2n) is 10.6. The van der Waals surface area contributed by atoms with Crippen LogP contribution in [0.2, 0.25) is 0 Å². The summed E-state index contributed by atoms with van der Waals surface area (Å²) < 4.78 is 0. The Balaban J connectivity index is 1.31. The normalized spacial score (nSPS) is 46.7. The predicted molar refractivity (Wildman–Crippen MR) is 111 cm³/mol. The van der Waals surface area contributed by atoms with Gasteiger partial charge in [0.05, 0.1) is 5.71 Å². The quantitative estimate of drug-likeness (QED) is 0.721. The van der Waals surface area contributed by atoms with Crippen molar-refractivity contribution in [2.45, 2.75) is 84.1 Å². The lowest BCUT2D eigenvalue weighted by Crippen LogP contribution is -2.50. The first-order chi connectivity index (χ1) is 13.5. The summed E-state index contributed by atoms with van der Waals surface area (Å²) in [5.74, 6) is 2.68. The number of nitrogens with one attached hydrogen (secondary N) is 1. The van der Waals surface area contributed by atoms with Crippen LogP contribution in [0.3, 0.4) is 0 Å². The van der Waals surface area contributed by atoms with Crippen LogP contribution in [0.5, 0.6) is 0 Å². The lowest BCUT2D eigenvalue weighted by molar-refractivity contribution is -0.132. The zero-order chi connectivity index (χ0) is 19.4. The Morgan fingerprint density at radius 3 is 2.75 bits per heavy atom. The van der Waals surface area contributed by atoms with Gasteiger partial charge < -0.3 is 10.2 Å². The molecule has 154 valence electrons. The van der Waals surface area contributed by atoms with Crippen LogP contribution in [-0.4, -0.2) is 30.7 Å². The first kappa shape index (κ1) is 18.8. The number of oxime groups is 1. The van der Waals surface area contributed by atoms with Crippen molar-refractivity contribution in [1.29, 1.82) is 0 Å². The topological polar surface area (TPSA) is 50.7 Å². The minimum atomic E-state index is -0.0118. The van der Waals surface area contributed by atoms with Gasteiger partial charge in [-0.1, -0.05) is 24.6 Å². The number of hydrogen-bond acceptors (Lipinski definition) is 4. The number of rotatable bonds is 3. The number of ketones is 1. The van der Waals surface area contributed by atoms with Crippen LogP contribution in [0.25, 0.3) is 0 Å². The molecule has 1 aliphatic heterocycles. The van der Waals surface area contributed by atoms with E-state index in [0.29, 0.717) is 29.8 Å². The molecule has 6 atom stereocenters. The maximum absolute atomic E-state index is 12.6. The van der Waals surface area contributed by atoms with E-state index in [4.69, 9.17) is 4.84 Å². The molecule has 1 heterocycles. The molecule has 0 aromatic rings. The van der Waals surface area contributed by atoms with E-state index in [1.807, 2.05) is 0 Å². The second kappa shape index (κ2) is 6.97. The van der Waals surface area contributed by atoms with Crippen molar-refractivity contribution in [3.63, 3.8) is 0 Å². The monoisotopic (exact) mass is 384 g/mol. The van der Waals surface area contributed by atoms with Gasteiger partial charge in [-0.25, -0.2) is 0 Å². The van der Waals surface area contributed by atoms with Gasteiger partial charge in [-0.2, -0.15) is 0 Å². The van der Waals surface area contributed by atoms with Crippen LogP contribution < -0.4 is 5.32 Å². The molecule has 4 fully saturated rings. The Morgan fingerprint density at radius 2 is 1.93 bits per heavy atom. The molecule has 0 spiro atoms. The van der Waals surface area contributed by atoms with Gasteiger partial charge in [0.25, 0.3) is 0 Å². The Bertz CT molecular complexity index is 707. The molecule has 5 rings (SSSR count). The van der Waals surface area contributed by atoms with Gasteiger partial charge in [0.1, 0.15) is 12.4 Å². The number of carbonyl (C=O) groups excluding carboxylic acids is 1. The number of carbonyl (C=O) groups is 1. The summed E-state index contributed by atoms with van der Waals surface area (Å²) in [4.78, 5) is 18.3. The second-order valence-corrected chi connectivity index (χ2v) is 10.6. The molecule has 0 aromatic carbocycles. The van der Waals surface area contributed by atoms with Crippen molar-refractivity contribution in [3.8, 4) is 0 Å². The van der Waals surface area contributed by atoms with E-state index in [1.54, 1.807) is 5.57 Å². The minimum Gasteiger partial charge on any atom is -0.394 e. The molecule has 4 nitrogen and oxygen atoms in total. The third-order valence-corrected chi connectivity index (χ3v) is 9.31. The Morgan fingerprint density at radius 1 is 1.07 bits per heavy atom. The molecule has 4 heteroatoms. The van der Waals surface area contributed by atoms with E-state index in [1.165, 1.54) is 38.5 Å². The third kappa shape index (κ3) is 2.89. The molecule has 0 bridgehead atoms. The largest absolute Gasteiger partial charge is 0.394 e. The summed E-state index contributed by atoms with van der Waals surface area (Å²) in [6.45, 7) is 6.60. The van der Waals surface area contributed by atoms with Crippen molar-refractivity contribution in [3.05, 3.63) is 11.6 Å². The van der Waals surface area contributed by atoms with Crippen LogP contribution >= 0.6 is 0 Å². The van der Waals surface area contributed by atoms with E-state index in [9.17, 15) is 4.79 Å². The molecular weight excluding hydrogens is 348 g/mol.